The van der Waals surface area contributed by atoms with E-state index in [0.717, 1.165) is 23.6 Å². The first-order valence-corrected chi connectivity index (χ1v) is 8.70. The molecule has 0 saturated carbocycles. The first-order chi connectivity index (χ1) is 11.5. The van der Waals surface area contributed by atoms with Crippen LogP contribution in [0.25, 0.3) is 5.69 Å². The summed E-state index contributed by atoms with van der Waals surface area (Å²) in [5.41, 5.74) is 8.15. The Labute approximate surface area is 145 Å². The van der Waals surface area contributed by atoms with Gasteiger partial charge in [-0.25, -0.2) is 9.67 Å². The van der Waals surface area contributed by atoms with Gasteiger partial charge in [-0.3, -0.25) is 0 Å². The predicted molar refractivity (Wildman–Crippen MR) is 100 cm³/mol. The van der Waals surface area contributed by atoms with Crippen LogP contribution in [0.5, 0.6) is 0 Å². The van der Waals surface area contributed by atoms with E-state index < -0.39 is 0 Å². The van der Waals surface area contributed by atoms with Crippen LogP contribution in [-0.4, -0.2) is 21.8 Å². The first-order valence-electron chi connectivity index (χ1n) is 8.70. The highest BCUT2D eigenvalue weighted by Crippen LogP contribution is 2.11. The topological polar surface area (TPSA) is 68.2 Å². The van der Waals surface area contributed by atoms with Gasteiger partial charge >= 0.3 is 0 Å². The zero-order valence-corrected chi connectivity index (χ0v) is 14.9. The van der Waals surface area contributed by atoms with E-state index in [1.54, 1.807) is 6.20 Å². The Hall–Kier alpha value is -2.30. The van der Waals surface area contributed by atoms with E-state index >= 15 is 0 Å². The predicted octanol–water partition coefficient (Wildman–Crippen LogP) is 3.49. The van der Waals surface area contributed by atoms with Crippen LogP contribution in [0.1, 0.15) is 45.6 Å². The Balaban J connectivity index is 1.85. The number of rotatable bonds is 8. The Morgan fingerprint density at radius 1 is 1.25 bits per heavy atom. The lowest BCUT2D eigenvalue weighted by molar-refractivity contribution is 0.493. The van der Waals surface area contributed by atoms with Crippen molar-refractivity contribution in [1.29, 1.82) is 0 Å². The number of nitrogens with two attached hydrogens (primary N) is 1. The molecule has 0 saturated heterocycles. The van der Waals surface area contributed by atoms with Crippen molar-refractivity contribution in [3.8, 4) is 5.69 Å². The molecule has 0 aliphatic rings. The van der Waals surface area contributed by atoms with E-state index in [2.05, 4.69) is 48.3 Å². The van der Waals surface area contributed by atoms with Crippen molar-refractivity contribution in [3.63, 3.8) is 0 Å². The molecule has 1 unspecified atom stereocenters. The number of nitrogens with one attached hydrogen (secondary N) is 1. The van der Waals surface area contributed by atoms with Crippen molar-refractivity contribution in [2.45, 2.75) is 52.6 Å². The fourth-order valence-corrected chi connectivity index (χ4v) is 2.60. The molecular weight excluding hydrogens is 298 g/mol. The highest BCUT2D eigenvalue weighted by atomic mass is 15.3. The Morgan fingerprint density at radius 3 is 2.79 bits per heavy atom. The SMILES string of the molecule is CC(C)CCCC(C)NC(N)=NCc1cccc(-n2cccn2)c1. The molecule has 1 atom stereocenters. The lowest BCUT2D eigenvalue weighted by Gasteiger charge is -2.15. The summed E-state index contributed by atoms with van der Waals surface area (Å²) in [7, 11) is 0. The average molecular weight is 327 g/mol. The summed E-state index contributed by atoms with van der Waals surface area (Å²) >= 11 is 0. The third kappa shape index (κ3) is 6.07. The normalized spacial score (nSPS) is 13.2. The minimum absolute atomic E-state index is 0.350. The molecule has 1 heterocycles. The van der Waals surface area contributed by atoms with Gasteiger partial charge in [0.25, 0.3) is 0 Å². The molecule has 5 heteroatoms. The molecule has 0 aliphatic carbocycles. The van der Waals surface area contributed by atoms with Gasteiger partial charge < -0.3 is 11.1 Å². The molecule has 0 bridgehead atoms. The highest BCUT2D eigenvalue weighted by molar-refractivity contribution is 5.78. The monoisotopic (exact) mass is 327 g/mol. The third-order valence-corrected chi connectivity index (χ3v) is 3.92. The molecule has 5 nitrogen and oxygen atoms in total. The maximum Gasteiger partial charge on any atom is 0.189 e. The molecule has 0 spiro atoms. The van der Waals surface area contributed by atoms with Crippen LogP contribution >= 0.6 is 0 Å². The van der Waals surface area contributed by atoms with Crippen molar-refractivity contribution in [3.05, 3.63) is 48.3 Å². The average Bonchev–Trinajstić information content (AvgIpc) is 3.07. The van der Waals surface area contributed by atoms with E-state index in [9.17, 15) is 0 Å². The van der Waals surface area contributed by atoms with Gasteiger partial charge in [-0.05, 0) is 43.0 Å². The van der Waals surface area contributed by atoms with Gasteiger partial charge in [-0.15, -0.1) is 0 Å². The van der Waals surface area contributed by atoms with Crippen LogP contribution < -0.4 is 11.1 Å². The molecule has 2 aromatic rings. The summed E-state index contributed by atoms with van der Waals surface area (Å²) in [6.45, 7) is 7.23. The fourth-order valence-electron chi connectivity index (χ4n) is 2.60. The highest BCUT2D eigenvalue weighted by Gasteiger charge is 2.04. The standard InChI is InChI=1S/C19H29N5/c1-15(2)7-4-8-16(3)23-19(20)21-14-17-9-5-10-18(13-17)24-12-6-11-22-24/h5-6,9-13,15-16H,4,7-8,14H2,1-3H3,(H3,20,21,23). The van der Waals surface area contributed by atoms with Crippen molar-refractivity contribution in [1.82, 2.24) is 15.1 Å². The van der Waals surface area contributed by atoms with Crippen molar-refractivity contribution in [2.75, 3.05) is 0 Å². The first kappa shape index (κ1) is 18.0. The summed E-state index contributed by atoms with van der Waals surface area (Å²) in [5.74, 6) is 1.27. The quantitative estimate of drug-likeness (QED) is 0.576. The molecule has 1 aromatic heterocycles. The molecule has 2 rings (SSSR count). The summed E-state index contributed by atoms with van der Waals surface area (Å²) in [4.78, 5) is 4.45. The van der Waals surface area contributed by atoms with Gasteiger partial charge in [0.1, 0.15) is 0 Å². The lowest BCUT2D eigenvalue weighted by atomic mass is 10.0. The van der Waals surface area contributed by atoms with Crippen molar-refractivity contribution < 1.29 is 0 Å². The minimum atomic E-state index is 0.350. The minimum Gasteiger partial charge on any atom is -0.370 e. The second-order valence-electron chi connectivity index (χ2n) is 6.69. The van der Waals surface area contributed by atoms with Gasteiger partial charge in [0, 0.05) is 18.4 Å². The largest absolute Gasteiger partial charge is 0.370 e. The van der Waals surface area contributed by atoms with Crippen molar-refractivity contribution >= 4 is 5.96 Å². The zero-order chi connectivity index (χ0) is 17.4. The number of hydrogen-bond donors (Lipinski definition) is 2. The summed E-state index contributed by atoms with van der Waals surface area (Å²) in [6.07, 6.45) is 7.28. The van der Waals surface area contributed by atoms with Crippen LogP contribution in [0, 0.1) is 5.92 Å². The second kappa shape index (κ2) is 9.11. The van der Waals surface area contributed by atoms with Crippen LogP contribution in [0.4, 0.5) is 0 Å². The number of aliphatic imine (C=N–C) groups is 1. The Kier molecular flexibility index (Phi) is 6.85. The summed E-state index contributed by atoms with van der Waals surface area (Å²) in [5, 5.41) is 7.52. The number of nitrogens with zero attached hydrogens (tertiary/aromatic N) is 3. The number of benzene rings is 1. The summed E-state index contributed by atoms with van der Waals surface area (Å²) in [6, 6.07) is 10.4. The van der Waals surface area contributed by atoms with E-state index in [0.29, 0.717) is 18.5 Å². The Morgan fingerprint density at radius 2 is 2.08 bits per heavy atom. The molecule has 0 fully saturated rings. The molecule has 0 radical (unpaired) electrons. The molecule has 24 heavy (non-hydrogen) atoms. The number of guanidine groups is 1. The van der Waals surface area contributed by atoms with Gasteiger partial charge in [0.2, 0.25) is 0 Å². The van der Waals surface area contributed by atoms with Gasteiger partial charge in [0.05, 0.1) is 12.2 Å². The zero-order valence-electron chi connectivity index (χ0n) is 14.9. The Bertz CT molecular complexity index is 631. The van der Waals surface area contributed by atoms with Gasteiger partial charge in [0.15, 0.2) is 5.96 Å². The van der Waals surface area contributed by atoms with E-state index in [4.69, 9.17) is 5.73 Å². The van der Waals surface area contributed by atoms with Crippen LogP contribution in [0.2, 0.25) is 0 Å². The number of hydrogen-bond acceptors (Lipinski definition) is 2. The van der Waals surface area contributed by atoms with Gasteiger partial charge in [-0.2, -0.15) is 5.10 Å². The van der Waals surface area contributed by atoms with E-state index in [1.807, 2.05) is 29.1 Å². The molecule has 1 aromatic carbocycles. The third-order valence-electron chi connectivity index (χ3n) is 3.92. The smallest absolute Gasteiger partial charge is 0.189 e. The maximum atomic E-state index is 6.01. The van der Waals surface area contributed by atoms with Crippen molar-refractivity contribution in [2.24, 2.45) is 16.6 Å². The van der Waals surface area contributed by atoms with E-state index in [1.165, 1.54) is 12.8 Å². The lowest BCUT2D eigenvalue weighted by Crippen LogP contribution is -2.38. The number of aromatic nitrogens is 2. The molecule has 0 aliphatic heterocycles. The van der Waals surface area contributed by atoms with Crippen LogP contribution in [-0.2, 0) is 6.54 Å². The van der Waals surface area contributed by atoms with Crippen LogP contribution in [0.15, 0.2) is 47.7 Å². The molecule has 130 valence electrons. The second-order valence-corrected chi connectivity index (χ2v) is 6.69. The van der Waals surface area contributed by atoms with Crippen LogP contribution in [0.3, 0.4) is 0 Å². The molecule has 0 amide bonds. The summed E-state index contributed by atoms with van der Waals surface area (Å²) < 4.78 is 1.84. The molecule has 3 N–H and O–H groups in total. The fraction of sp³-hybridized carbons (Fsp3) is 0.474. The molecular formula is C19H29N5. The van der Waals surface area contributed by atoms with Gasteiger partial charge in [-0.1, -0.05) is 38.8 Å². The maximum absolute atomic E-state index is 6.01. The van der Waals surface area contributed by atoms with E-state index in [-0.39, 0.29) is 0 Å².